The van der Waals surface area contributed by atoms with E-state index in [0.717, 1.165) is 94.4 Å². The van der Waals surface area contributed by atoms with E-state index in [9.17, 15) is 4.79 Å². The smallest absolute Gasteiger partial charge is 0.354 e. The van der Waals surface area contributed by atoms with Crippen LogP contribution in [0.15, 0.2) is 171 Å². The molecule has 1 fully saturated rings. The van der Waals surface area contributed by atoms with Crippen molar-refractivity contribution in [2.45, 2.75) is 150 Å². The van der Waals surface area contributed by atoms with Gasteiger partial charge in [-0.05, 0) is 133 Å². The molecule has 7 aromatic heterocycles. The normalized spacial score (nSPS) is 13.2. The van der Waals surface area contributed by atoms with Crippen molar-refractivity contribution in [1.82, 2.24) is 99.7 Å². The summed E-state index contributed by atoms with van der Waals surface area (Å²) in [5.41, 5.74) is 18.7. The van der Waals surface area contributed by atoms with Gasteiger partial charge >= 0.3 is 5.97 Å². The van der Waals surface area contributed by atoms with E-state index in [1.165, 1.54) is 96.9 Å². The van der Waals surface area contributed by atoms with Gasteiger partial charge in [0, 0.05) is 122 Å². The molecule has 1 aliphatic heterocycles. The predicted molar refractivity (Wildman–Crippen MR) is 421 cm³/mol. The zero-order chi connectivity index (χ0) is 76.2. The molecule has 0 bridgehead atoms. The first-order valence-corrected chi connectivity index (χ1v) is 37.2. The van der Waals surface area contributed by atoms with Gasteiger partial charge in [-0.1, -0.05) is 124 Å². The zero-order valence-corrected chi connectivity index (χ0v) is 71.7. The Kier molecular flexibility index (Phi) is 32.0. The molecular formula is C86H90Ir3N21O2-5. The minimum absolute atomic E-state index is 0. The molecule has 0 unspecified atom stereocenters. The van der Waals surface area contributed by atoms with Gasteiger partial charge in [0.2, 0.25) is 17.5 Å². The maximum Gasteiger partial charge on any atom is 0.354 e. The number of fused-ring (bicyclic) bond motifs is 2. The van der Waals surface area contributed by atoms with Crippen molar-refractivity contribution in [3.63, 3.8) is 0 Å². The summed E-state index contributed by atoms with van der Waals surface area (Å²) in [4.78, 5) is 31.2. The van der Waals surface area contributed by atoms with Crippen molar-refractivity contribution in [2.75, 3.05) is 18.6 Å². The van der Waals surface area contributed by atoms with Crippen LogP contribution in [0.4, 0.5) is 5.69 Å². The second kappa shape index (κ2) is 41.8. The number of rotatable bonds is 12. The van der Waals surface area contributed by atoms with Gasteiger partial charge in [0.15, 0.2) is 0 Å². The molecule has 4 aliphatic rings. The third-order valence-corrected chi connectivity index (χ3v) is 19.7. The van der Waals surface area contributed by atoms with E-state index in [0.29, 0.717) is 52.6 Å². The van der Waals surface area contributed by atoms with Gasteiger partial charge in [-0.3, -0.25) is 4.98 Å². The molecule has 112 heavy (non-hydrogen) atoms. The molecular weight excluding hydrogens is 1940 g/mol. The Hall–Kier alpha value is -10.3. The molecule has 17 rings (SSSR count). The number of carboxylic acid groups (broad SMARTS) is 1. The molecule has 0 atom stereocenters. The number of carbonyl (C=O) groups is 1. The number of anilines is 1. The standard InChI is InChI=1S/C22H21N4.C16H21N2.C15H19N2.C14H9N4.C10H9N8.C9H11NO2.3Ir/c1-3-11-17-15(7-1)9-5-13-19(17)21-23-25-22(26-24-21)20-14-6-10-16-8-2-4-12-18(16)20;1-17-10-11-18(13-17)16-9-5-8-15(12-16)14-6-3-2-4-7-14;1-11(2)13-5-7-14(8-6-13)15-16-9-10-17(15)12(3)4;1-3-7-11(8-4-1)13-15-17-14(18-16-13)12-9-5-2-6-10-12;1-17-5-11-3-7(17)9-13-15-10(16-14-9)8-4-12-6-18(8)2;1-5-4-8(9(11)12)10-7(3)6(5)2;;;/h5-6,9-10,13H,1-4,7-8,11-12H2;5,8,10-12,14H,2-4,6-7,13H2,1H3;5-7,9-12H,1-4H3;1-9H;3,5-6H,1-2H3;4H,1-3H3,(H,11,12);;;/q5*-1;;;;. The van der Waals surface area contributed by atoms with Crippen LogP contribution in [0.25, 0.3) is 80.0 Å². The summed E-state index contributed by atoms with van der Waals surface area (Å²) in [6.45, 7) is 15.3. The summed E-state index contributed by atoms with van der Waals surface area (Å²) in [6.07, 6.45) is 32.2. The summed E-state index contributed by atoms with van der Waals surface area (Å²) in [5.74, 6) is 4.40. The predicted octanol–water partition coefficient (Wildman–Crippen LogP) is 15.9. The van der Waals surface area contributed by atoms with Crippen molar-refractivity contribution < 1.29 is 70.2 Å². The number of hydrogen-bond acceptors (Lipinski definition) is 19. The number of nitrogens with zero attached hydrogens (tertiary/aromatic N) is 21. The van der Waals surface area contributed by atoms with E-state index < -0.39 is 5.97 Å². The second-order valence-corrected chi connectivity index (χ2v) is 28.0. The van der Waals surface area contributed by atoms with E-state index in [1.54, 1.807) is 34.1 Å². The maximum atomic E-state index is 10.6. The van der Waals surface area contributed by atoms with Crippen LogP contribution in [-0.4, -0.2) is 125 Å². The zero-order valence-electron chi connectivity index (χ0n) is 64.5. The van der Waals surface area contributed by atoms with E-state index >= 15 is 0 Å². The molecule has 26 heteroatoms. The topological polar surface area (TPSA) is 265 Å². The maximum absolute atomic E-state index is 10.6. The number of aromatic carboxylic acids is 1. The van der Waals surface area contributed by atoms with Crippen molar-refractivity contribution in [2.24, 2.45) is 14.1 Å². The summed E-state index contributed by atoms with van der Waals surface area (Å²) in [7, 11) is 5.78. The Bertz CT molecular complexity index is 4910. The molecule has 13 aromatic rings. The molecule has 0 amide bonds. The number of imidazole rings is 3. The molecule has 1 N–H and O–H groups in total. The Balaban J connectivity index is 0.000000156. The fraction of sp³-hybridized carbons (Fsp3) is 0.314. The van der Waals surface area contributed by atoms with Gasteiger partial charge < -0.3 is 33.6 Å². The third kappa shape index (κ3) is 22.3. The SMILES string of the molecule is CC(C)c1c[c-]c(-c2nccn2C(C)C)cc1.CN1C=CN(c2[c-]ccc(C3CCCCC3)c2)C1.Cc1cc(C(=O)O)nc(C)c1C.Cn1cn[c-]c1-c1nnc(-c2cncn2C)nn1.[Ir].[Ir].[Ir].[c-]1ccc2c(c1-c1nnc(-c3cccc4c3CCCC4)nn1)CCCC2.[c-]1ccccc1-c1nnc(-c2ccccc2)nn1. The van der Waals surface area contributed by atoms with Gasteiger partial charge in [0.25, 0.3) is 0 Å². The van der Waals surface area contributed by atoms with Gasteiger partial charge in [0.05, 0.1) is 25.0 Å². The molecule has 0 saturated heterocycles. The number of carboxylic acids is 1. The summed E-state index contributed by atoms with van der Waals surface area (Å²) < 4.78 is 5.72. The molecule has 1 saturated carbocycles. The average Bonchev–Trinajstić information content (AvgIpc) is 1.08. The fourth-order valence-electron chi connectivity index (χ4n) is 13.3. The minimum Gasteiger partial charge on any atom is -0.477 e. The first-order valence-electron chi connectivity index (χ1n) is 37.2. The van der Waals surface area contributed by atoms with Crippen molar-refractivity contribution in [1.29, 1.82) is 0 Å². The van der Waals surface area contributed by atoms with Crippen LogP contribution in [-0.2, 0) is 100 Å². The van der Waals surface area contributed by atoms with Crippen molar-refractivity contribution in [3.8, 4) is 80.0 Å². The van der Waals surface area contributed by atoms with E-state index in [1.807, 2.05) is 108 Å². The van der Waals surface area contributed by atoms with Crippen LogP contribution >= 0.6 is 0 Å². The summed E-state index contributed by atoms with van der Waals surface area (Å²) in [5, 5.41) is 58.8. The van der Waals surface area contributed by atoms with Crippen LogP contribution in [0.2, 0.25) is 0 Å². The van der Waals surface area contributed by atoms with Crippen molar-refractivity contribution in [3.05, 3.63) is 257 Å². The Morgan fingerprint density at radius 2 is 1.23 bits per heavy atom. The van der Waals surface area contributed by atoms with Crippen LogP contribution in [0.5, 0.6) is 0 Å². The molecule has 8 heterocycles. The Morgan fingerprint density at radius 1 is 0.571 bits per heavy atom. The largest absolute Gasteiger partial charge is 0.477 e. The summed E-state index contributed by atoms with van der Waals surface area (Å²) in [6, 6.07) is 55.8. The Morgan fingerprint density at radius 3 is 1.86 bits per heavy atom. The minimum atomic E-state index is -0.971. The number of hydrogen-bond donors (Lipinski definition) is 1. The third-order valence-electron chi connectivity index (χ3n) is 19.7. The second-order valence-electron chi connectivity index (χ2n) is 28.0. The molecule has 3 radical (unpaired) electrons. The molecule has 3 aliphatic carbocycles. The molecule has 6 aromatic carbocycles. The number of aromatic nitrogens is 19. The van der Waals surface area contributed by atoms with Gasteiger partial charge in [-0.25, -0.2) is 14.8 Å². The molecule has 0 spiro atoms. The van der Waals surface area contributed by atoms with Gasteiger partial charge in [0.1, 0.15) is 28.9 Å². The average molecular weight is 2030 g/mol. The van der Waals surface area contributed by atoms with Crippen LogP contribution < -0.4 is 4.90 Å². The summed E-state index contributed by atoms with van der Waals surface area (Å²) >= 11 is 0. The number of pyridine rings is 1. The fourth-order valence-corrected chi connectivity index (χ4v) is 13.3. The molecule has 23 nitrogen and oxygen atoms in total. The first-order chi connectivity index (χ1) is 53.0. The number of aryl methyl sites for hydroxylation is 6. The van der Waals surface area contributed by atoms with Crippen LogP contribution in [0.1, 0.15) is 164 Å². The monoisotopic (exact) mass is 2030 g/mol. The van der Waals surface area contributed by atoms with Gasteiger partial charge in [-0.15, -0.1) is 137 Å². The quantitative estimate of drug-likeness (QED) is 0.111. The van der Waals surface area contributed by atoms with E-state index in [2.05, 4.69) is 234 Å². The first kappa shape index (κ1) is 85.7. The van der Waals surface area contributed by atoms with E-state index in [4.69, 9.17) is 5.11 Å². The molecule has 583 valence electrons. The van der Waals surface area contributed by atoms with Crippen molar-refractivity contribution >= 4 is 11.7 Å². The van der Waals surface area contributed by atoms with E-state index in [-0.39, 0.29) is 66.0 Å². The Labute approximate surface area is 696 Å². The van der Waals surface area contributed by atoms with Crippen LogP contribution in [0, 0.1) is 51.2 Å². The van der Waals surface area contributed by atoms with Crippen LogP contribution in [0.3, 0.4) is 0 Å². The van der Waals surface area contributed by atoms with Gasteiger partial charge in [-0.2, -0.15) is 54.4 Å². The number of benzene rings is 6.